The van der Waals surface area contributed by atoms with E-state index in [1.165, 1.54) is 36.6 Å². The first-order valence-electron chi connectivity index (χ1n) is 12.0. The maximum Gasteiger partial charge on any atom is 0.341 e. The van der Waals surface area contributed by atoms with E-state index >= 15 is 0 Å². The fourth-order valence-corrected chi connectivity index (χ4v) is 5.83. The lowest BCUT2D eigenvalue weighted by Gasteiger charge is -2.13. The van der Waals surface area contributed by atoms with Crippen LogP contribution in [-0.2, 0) is 9.53 Å². The Morgan fingerprint density at radius 3 is 2.44 bits per heavy atom. The number of halogens is 1. The summed E-state index contributed by atoms with van der Waals surface area (Å²) in [6.07, 6.45) is 1.62. The monoisotopic (exact) mass is 613 g/mol. The van der Waals surface area contributed by atoms with Gasteiger partial charge in [0.25, 0.3) is 17.5 Å². The molecule has 3 amide bonds. The molecule has 39 heavy (non-hydrogen) atoms. The third-order valence-electron chi connectivity index (χ3n) is 6.32. The van der Waals surface area contributed by atoms with Gasteiger partial charge in [-0.3, -0.25) is 29.4 Å². The van der Waals surface area contributed by atoms with Crippen molar-refractivity contribution < 1.29 is 28.8 Å². The van der Waals surface area contributed by atoms with E-state index in [0.717, 1.165) is 19.8 Å². The number of aryl methyl sites for hydroxylation is 1. The van der Waals surface area contributed by atoms with Crippen LogP contribution >= 0.6 is 27.3 Å². The van der Waals surface area contributed by atoms with Gasteiger partial charge in [0.15, 0.2) is 0 Å². The van der Waals surface area contributed by atoms with Crippen LogP contribution in [0.4, 0.5) is 10.7 Å². The second kappa shape index (κ2) is 11.9. The highest BCUT2D eigenvalue weighted by molar-refractivity contribution is 9.10. The standard InChI is InChI=1S/C27H24BrN3O7S/c1-15-21(16-10-12-17(28)13-11-16)23(27(35)38-2)24(39-15)29-20(32)9-4-3-5-14-30-25(33)18-7-6-8-19(31(36)37)22(18)26(30)34/h6-8,10-13H,3-5,9,14H2,1-2H3,(H,29,32). The molecule has 2 heterocycles. The summed E-state index contributed by atoms with van der Waals surface area (Å²) in [7, 11) is 1.29. The summed E-state index contributed by atoms with van der Waals surface area (Å²) in [5.74, 6) is -2.06. The summed E-state index contributed by atoms with van der Waals surface area (Å²) < 4.78 is 5.89. The Hall–Kier alpha value is -3.90. The van der Waals surface area contributed by atoms with Gasteiger partial charge < -0.3 is 10.1 Å². The number of benzene rings is 2. The van der Waals surface area contributed by atoms with Gasteiger partial charge in [-0.05, 0) is 43.5 Å². The Morgan fingerprint density at radius 1 is 1.05 bits per heavy atom. The van der Waals surface area contributed by atoms with Crippen LogP contribution < -0.4 is 5.32 Å². The minimum absolute atomic E-state index is 0.0312. The van der Waals surface area contributed by atoms with Crippen molar-refractivity contribution in [3.8, 4) is 11.1 Å². The van der Waals surface area contributed by atoms with E-state index in [4.69, 9.17) is 4.74 Å². The predicted octanol–water partition coefficient (Wildman–Crippen LogP) is 5.98. The molecule has 0 fully saturated rings. The first kappa shape index (κ1) is 28.1. The molecule has 1 N–H and O–H groups in total. The predicted molar refractivity (Wildman–Crippen MR) is 149 cm³/mol. The smallest absolute Gasteiger partial charge is 0.341 e. The third kappa shape index (κ3) is 5.76. The zero-order valence-electron chi connectivity index (χ0n) is 21.1. The van der Waals surface area contributed by atoms with E-state index < -0.39 is 22.7 Å². The van der Waals surface area contributed by atoms with Gasteiger partial charge in [-0.15, -0.1) is 11.3 Å². The molecule has 1 aliphatic heterocycles. The first-order valence-corrected chi connectivity index (χ1v) is 13.7. The first-order chi connectivity index (χ1) is 18.6. The lowest BCUT2D eigenvalue weighted by atomic mass is 10.0. The molecule has 0 aliphatic carbocycles. The van der Waals surface area contributed by atoms with Crippen molar-refractivity contribution in [3.05, 3.63) is 78.6 Å². The quantitative estimate of drug-likeness (QED) is 0.0976. The molecule has 0 spiro atoms. The van der Waals surface area contributed by atoms with Crippen LogP contribution in [0.2, 0.25) is 0 Å². The summed E-state index contributed by atoms with van der Waals surface area (Å²) in [4.78, 5) is 63.1. The number of thiophene rings is 1. The van der Waals surface area contributed by atoms with Crippen molar-refractivity contribution in [1.82, 2.24) is 4.90 Å². The van der Waals surface area contributed by atoms with Gasteiger partial charge in [-0.2, -0.15) is 0 Å². The fraction of sp³-hybridized carbons (Fsp3) is 0.259. The van der Waals surface area contributed by atoms with Gasteiger partial charge in [0.05, 0.1) is 17.6 Å². The second-order valence-electron chi connectivity index (χ2n) is 8.81. The highest BCUT2D eigenvalue weighted by atomic mass is 79.9. The Kier molecular flexibility index (Phi) is 8.56. The summed E-state index contributed by atoms with van der Waals surface area (Å²) in [5.41, 5.74) is 1.30. The molecule has 4 rings (SSSR count). The topological polar surface area (TPSA) is 136 Å². The van der Waals surface area contributed by atoms with Gasteiger partial charge >= 0.3 is 5.97 Å². The van der Waals surface area contributed by atoms with Crippen LogP contribution in [0.25, 0.3) is 11.1 Å². The summed E-state index contributed by atoms with van der Waals surface area (Å²) in [6.45, 7) is 1.97. The number of carbonyl (C=O) groups excluding carboxylic acids is 4. The van der Waals surface area contributed by atoms with E-state index in [2.05, 4.69) is 21.2 Å². The minimum Gasteiger partial charge on any atom is -0.465 e. The number of amides is 3. The number of hydrogen-bond acceptors (Lipinski definition) is 8. The second-order valence-corrected chi connectivity index (χ2v) is 11.0. The zero-order chi connectivity index (χ0) is 28.3. The van der Waals surface area contributed by atoms with Crippen molar-refractivity contribution in [2.24, 2.45) is 0 Å². The molecule has 0 saturated heterocycles. The Balaban J connectivity index is 1.34. The Labute approximate surface area is 236 Å². The van der Waals surface area contributed by atoms with E-state index in [0.29, 0.717) is 35.4 Å². The lowest BCUT2D eigenvalue weighted by molar-refractivity contribution is -0.385. The molecular formula is C27H24BrN3O7S. The molecule has 1 aromatic heterocycles. The molecule has 12 heteroatoms. The van der Waals surface area contributed by atoms with Gasteiger partial charge in [0.1, 0.15) is 16.1 Å². The van der Waals surface area contributed by atoms with Crippen molar-refractivity contribution in [2.45, 2.75) is 32.6 Å². The van der Waals surface area contributed by atoms with Crippen LogP contribution in [0.5, 0.6) is 0 Å². The van der Waals surface area contributed by atoms with Crippen molar-refractivity contribution in [1.29, 1.82) is 0 Å². The van der Waals surface area contributed by atoms with Crippen LogP contribution in [0, 0.1) is 17.0 Å². The largest absolute Gasteiger partial charge is 0.465 e. The van der Waals surface area contributed by atoms with Crippen LogP contribution in [-0.4, -0.2) is 47.2 Å². The van der Waals surface area contributed by atoms with E-state index in [-0.39, 0.29) is 35.7 Å². The SMILES string of the molecule is COC(=O)c1c(NC(=O)CCCCCN2C(=O)c3cccc([N+](=O)[O-])c3C2=O)sc(C)c1-c1ccc(Br)cc1. The Morgan fingerprint density at radius 2 is 1.77 bits per heavy atom. The molecule has 0 atom stereocenters. The van der Waals surface area contributed by atoms with Gasteiger partial charge in [-0.1, -0.05) is 40.5 Å². The molecule has 10 nitrogen and oxygen atoms in total. The molecule has 202 valence electrons. The molecule has 0 bridgehead atoms. The number of methoxy groups -OCH3 is 1. The molecule has 0 radical (unpaired) electrons. The summed E-state index contributed by atoms with van der Waals surface area (Å²) >= 11 is 4.70. The lowest BCUT2D eigenvalue weighted by Crippen LogP contribution is -2.30. The number of ether oxygens (including phenoxy) is 1. The molecule has 0 unspecified atom stereocenters. The zero-order valence-corrected chi connectivity index (χ0v) is 23.5. The van der Waals surface area contributed by atoms with E-state index in [9.17, 15) is 29.3 Å². The number of nitrogens with zero attached hydrogens (tertiary/aromatic N) is 2. The maximum atomic E-state index is 12.7. The number of esters is 1. The number of nitro benzene ring substituents is 1. The van der Waals surface area contributed by atoms with E-state index in [1.54, 1.807) is 0 Å². The number of hydrogen-bond donors (Lipinski definition) is 1. The van der Waals surface area contributed by atoms with Crippen molar-refractivity contribution in [3.63, 3.8) is 0 Å². The number of rotatable bonds is 10. The minimum atomic E-state index is -0.676. The van der Waals surface area contributed by atoms with E-state index in [1.807, 2.05) is 31.2 Å². The van der Waals surface area contributed by atoms with Crippen molar-refractivity contribution >= 4 is 61.6 Å². The highest BCUT2D eigenvalue weighted by Crippen LogP contribution is 2.40. The molecule has 0 saturated carbocycles. The number of nitrogens with one attached hydrogen (secondary N) is 1. The fourth-order valence-electron chi connectivity index (χ4n) is 4.49. The average Bonchev–Trinajstić information content (AvgIpc) is 3.36. The van der Waals surface area contributed by atoms with Gasteiger partial charge in [-0.25, -0.2) is 4.79 Å². The van der Waals surface area contributed by atoms with Crippen molar-refractivity contribution in [2.75, 3.05) is 19.0 Å². The number of nitro groups is 1. The highest BCUT2D eigenvalue weighted by Gasteiger charge is 2.40. The molecular weight excluding hydrogens is 590 g/mol. The number of unbranched alkanes of at least 4 members (excludes halogenated alkanes) is 2. The number of imide groups is 1. The number of anilines is 1. The van der Waals surface area contributed by atoms with Crippen LogP contribution in [0.3, 0.4) is 0 Å². The maximum absolute atomic E-state index is 12.7. The number of carbonyl (C=O) groups is 4. The van der Waals surface area contributed by atoms with Gasteiger partial charge in [0, 0.05) is 33.9 Å². The molecule has 2 aromatic carbocycles. The normalized spacial score (nSPS) is 12.4. The van der Waals surface area contributed by atoms with Crippen LogP contribution in [0.1, 0.15) is 61.6 Å². The number of fused-ring (bicyclic) bond motifs is 1. The third-order valence-corrected chi connectivity index (χ3v) is 7.87. The Bertz CT molecular complexity index is 1480. The summed E-state index contributed by atoms with van der Waals surface area (Å²) in [6, 6.07) is 11.5. The summed E-state index contributed by atoms with van der Waals surface area (Å²) in [5, 5.41) is 14.5. The van der Waals surface area contributed by atoms with Gasteiger partial charge in [0.2, 0.25) is 5.91 Å². The van der Waals surface area contributed by atoms with Crippen LogP contribution in [0.15, 0.2) is 46.9 Å². The average molecular weight is 614 g/mol. The molecule has 3 aromatic rings. The molecule has 1 aliphatic rings.